The van der Waals surface area contributed by atoms with Crippen LogP contribution in [0.25, 0.3) is 11.0 Å². The summed E-state index contributed by atoms with van der Waals surface area (Å²) in [5.41, 5.74) is 1.25. The van der Waals surface area contributed by atoms with E-state index in [2.05, 4.69) is 15.3 Å². The maximum atomic E-state index is 12.4. The van der Waals surface area contributed by atoms with Crippen LogP contribution in [0.1, 0.15) is 5.56 Å². The molecule has 0 saturated heterocycles. The van der Waals surface area contributed by atoms with Gasteiger partial charge in [0.1, 0.15) is 5.39 Å². The molecule has 0 fully saturated rings. The molecular weight excluding hydrogens is 282 g/mol. The summed E-state index contributed by atoms with van der Waals surface area (Å²) in [5.74, 6) is 0. The number of rotatable bonds is 3. The number of aryl methyl sites for hydroxylation is 1. The number of pyridine rings is 2. The van der Waals surface area contributed by atoms with E-state index < -0.39 is 5.69 Å². The van der Waals surface area contributed by atoms with Gasteiger partial charge in [-0.2, -0.15) is 0 Å². The highest BCUT2D eigenvalue weighted by atomic mass is 16.2. The summed E-state index contributed by atoms with van der Waals surface area (Å²) in [6.45, 7) is 0.527. The third-order valence-corrected chi connectivity index (χ3v) is 3.55. The zero-order valence-electron chi connectivity index (χ0n) is 12.3. The van der Waals surface area contributed by atoms with E-state index in [-0.39, 0.29) is 5.56 Å². The van der Waals surface area contributed by atoms with Crippen LogP contribution in [0.5, 0.6) is 0 Å². The van der Waals surface area contributed by atoms with Crippen molar-refractivity contribution >= 4 is 16.7 Å². The van der Waals surface area contributed by atoms with Crippen LogP contribution in [0.4, 0.5) is 5.69 Å². The minimum atomic E-state index is -0.394. The van der Waals surface area contributed by atoms with Crippen LogP contribution in [0.3, 0.4) is 0 Å². The van der Waals surface area contributed by atoms with Gasteiger partial charge in [-0.15, -0.1) is 0 Å². The predicted octanol–water partition coefficient (Wildman–Crippen LogP) is 0.639. The second kappa shape index (κ2) is 5.44. The number of nitrogens with one attached hydrogen (secondary N) is 1. The third kappa shape index (κ3) is 2.26. The lowest BCUT2D eigenvalue weighted by Crippen LogP contribution is -2.37. The maximum absolute atomic E-state index is 12.4. The van der Waals surface area contributed by atoms with Crippen LogP contribution in [0, 0.1) is 0 Å². The van der Waals surface area contributed by atoms with Gasteiger partial charge >= 0.3 is 5.69 Å². The molecule has 0 aliphatic carbocycles. The fraction of sp³-hybridized carbons (Fsp3) is 0.200. The number of aromatic nitrogens is 4. The Balaban J connectivity index is 2.11. The van der Waals surface area contributed by atoms with Crippen molar-refractivity contribution in [1.29, 1.82) is 0 Å². The second-order valence-corrected chi connectivity index (χ2v) is 4.98. The molecule has 7 nitrogen and oxygen atoms in total. The van der Waals surface area contributed by atoms with Gasteiger partial charge in [0.15, 0.2) is 5.65 Å². The van der Waals surface area contributed by atoms with E-state index in [0.717, 1.165) is 10.1 Å². The van der Waals surface area contributed by atoms with Gasteiger partial charge in [0.05, 0.1) is 5.69 Å². The van der Waals surface area contributed by atoms with Gasteiger partial charge in [0, 0.05) is 39.2 Å². The number of hydrogen-bond acceptors (Lipinski definition) is 5. The Morgan fingerprint density at radius 2 is 1.95 bits per heavy atom. The van der Waals surface area contributed by atoms with Gasteiger partial charge in [-0.3, -0.25) is 18.9 Å². The van der Waals surface area contributed by atoms with E-state index in [1.165, 1.54) is 11.6 Å². The molecule has 0 unspecified atom stereocenters. The van der Waals surface area contributed by atoms with Crippen LogP contribution in [-0.2, 0) is 20.6 Å². The molecule has 0 amide bonds. The summed E-state index contributed by atoms with van der Waals surface area (Å²) in [4.78, 5) is 32.6. The van der Waals surface area contributed by atoms with Gasteiger partial charge in [0.25, 0.3) is 5.56 Å². The molecule has 0 atom stereocenters. The van der Waals surface area contributed by atoms with Gasteiger partial charge < -0.3 is 5.32 Å². The first kappa shape index (κ1) is 14.0. The molecule has 3 rings (SSSR count). The Morgan fingerprint density at radius 3 is 2.68 bits per heavy atom. The first-order valence-corrected chi connectivity index (χ1v) is 6.77. The van der Waals surface area contributed by atoms with Crippen molar-refractivity contribution in [2.45, 2.75) is 6.54 Å². The van der Waals surface area contributed by atoms with Gasteiger partial charge in [-0.05, 0) is 17.7 Å². The highest BCUT2D eigenvalue weighted by molar-refractivity contribution is 5.87. The molecule has 0 bridgehead atoms. The van der Waals surface area contributed by atoms with Crippen LogP contribution in [0.15, 0.2) is 46.4 Å². The van der Waals surface area contributed by atoms with Crippen molar-refractivity contribution in [3.63, 3.8) is 0 Å². The Labute approximate surface area is 125 Å². The molecule has 3 aromatic rings. The molecule has 0 saturated carbocycles. The second-order valence-electron chi connectivity index (χ2n) is 4.98. The molecule has 0 spiro atoms. The quantitative estimate of drug-likeness (QED) is 0.767. The first-order valence-electron chi connectivity index (χ1n) is 6.77. The zero-order valence-corrected chi connectivity index (χ0v) is 12.3. The molecule has 0 aliphatic rings. The largest absolute Gasteiger partial charge is 0.380 e. The maximum Gasteiger partial charge on any atom is 0.332 e. The summed E-state index contributed by atoms with van der Waals surface area (Å²) < 4.78 is 2.45. The van der Waals surface area contributed by atoms with Crippen molar-refractivity contribution in [3.05, 3.63) is 63.2 Å². The van der Waals surface area contributed by atoms with Crippen LogP contribution >= 0.6 is 0 Å². The number of nitrogens with zero attached hydrogens (tertiary/aromatic N) is 4. The van der Waals surface area contributed by atoms with E-state index in [4.69, 9.17) is 0 Å². The highest BCUT2D eigenvalue weighted by Gasteiger charge is 2.13. The topological polar surface area (TPSA) is 81.8 Å². The SMILES string of the molecule is Cn1c(=O)c2c(NCc3cccnc3)ccnc2n(C)c1=O. The van der Waals surface area contributed by atoms with E-state index >= 15 is 0 Å². The summed E-state index contributed by atoms with van der Waals surface area (Å²) in [7, 11) is 3.06. The lowest BCUT2D eigenvalue weighted by Gasteiger charge is -2.11. The van der Waals surface area contributed by atoms with Crippen LogP contribution < -0.4 is 16.6 Å². The predicted molar refractivity (Wildman–Crippen MR) is 83.8 cm³/mol. The van der Waals surface area contributed by atoms with E-state index in [1.807, 2.05) is 12.1 Å². The van der Waals surface area contributed by atoms with E-state index in [1.54, 1.807) is 31.7 Å². The van der Waals surface area contributed by atoms with Gasteiger partial charge in [-0.1, -0.05) is 6.07 Å². The Morgan fingerprint density at radius 1 is 1.14 bits per heavy atom. The van der Waals surface area contributed by atoms with Crippen LogP contribution in [-0.4, -0.2) is 19.1 Å². The van der Waals surface area contributed by atoms with E-state index in [0.29, 0.717) is 23.3 Å². The average Bonchev–Trinajstić information content (AvgIpc) is 2.56. The fourth-order valence-electron chi connectivity index (χ4n) is 2.33. The molecule has 0 aliphatic heterocycles. The number of fused-ring (bicyclic) bond motifs is 1. The molecule has 7 heteroatoms. The van der Waals surface area contributed by atoms with Crippen molar-refractivity contribution in [1.82, 2.24) is 19.1 Å². The first-order chi connectivity index (χ1) is 10.6. The van der Waals surface area contributed by atoms with Crippen molar-refractivity contribution < 1.29 is 0 Å². The van der Waals surface area contributed by atoms with Crippen molar-refractivity contribution in [3.8, 4) is 0 Å². The molecular formula is C15H15N5O2. The molecule has 0 radical (unpaired) electrons. The van der Waals surface area contributed by atoms with Gasteiger partial charge in [0.2, 0.25) is 0 Å². The molecule has 3 heterocycles. The van der Waals surface area contributed by atoms with Crippen LogP contribution in [0.2, 0.25) is 0 Å². The van der Waals surface area contributed by atoms with E-state index in [9.17, 15) is 9.59 Å². The van der Waals surface area contributed by atoms with Crippen molar-refractivity contribution in [2.24, 2.45) is 14.1 Å². The summed E-state index contributed by atoms with van der Waals surface area (Å²) in [6.07, 6.45) is 5.04. The zero-order chi connectivity index (χ0) is 15.7. The molecule has 112 valence electrons. The molecule has 3 aromatic heterocycles. The Kier molecular flexibility index (Phi) is 3.46. The molecule has 0 aromatic carbocycles. The Bertz CT molecular complexity index is 944. The Hall–Kier alpha value is -2.96. The lowest BCUT2D eigenvalue weighted by atomic mass is 10.2. The van der Waals surface area contributed by atoms with Gasteiger partial charge in [-0.25, -0.2) is 9.78 Å². The summed E-state index contributed by atoms with van der Waals surface area (Å²) >= 11 is 0. The minimum absolute atomic E-state index is 0.361. The summed E-state index contributed by atoms with van der Waals surface area (Å²) in [6, 6.07) is 5.52. The summed E-state index contributed by atoms with van der Waals surface area (Å²) in [5, 5.41) is 3.61. The van der Waals surface area contributed by atoms with Crippen molar-refractivity contribution in [2.75, 3.05) is 5.32 Å². The highest BCUT2D eigenvalue weighted by Crippen LogP contribution is 2.17. The molecule has 22 heavy (non-hydrogen) atoms. The monoisotopic (exact) mass is 297 g/mol. The number of anilines is 1. The smallest absolute Gasteiger partial charge is 0.332 e. The lowest BCUT2D eigenvalue weighted by molar-refractivity contribution is 0.708. The minimum Gasteiger partial charge on any atom is -0.380 e. The normalized spacial score (nSPS) is 10.8. The average molecular weight is 297 g/mol. The fourth-order valence-corrected chi connectivity index (χ4v) is 2.33. The molecule has 1 N–H and O–H groups in total. The number of hydrogen-bond donors (Lipinski definition) is 1. The standard InChI is InChI=1S/C15H15N5O2/c1-19-13-12(14(21)20(2)15(19)22)11(5-7-17-13)18-9-10-4-3-6-16-8-10/h3-8H,9H2,1-2H3,(H,17,18). The third-order valence-electron chi connectivity index (χ3n) is 3.55.